The lowest BCUT2D eigenvalue weighted by atomic mass is 10.0. The number of nitrogens with zero attached hydrogens (tertiary/aromatic N) is 2. The second kappa shape index (κ2) is 6.56. The summed E-state index contributed by atoms with van der Waals surface area (Å²) in [6, 6.07) is 5.89. The molecule has 0 bridgehead atoms. The van der Waals surface area contributed by atoms with Crippen LogP contribution < -0.4 is 4.90 Å². The molecular weight excluding hydrogens is 275 g/mol. The normalized spacial score (nSPS) is 17.8. The highest BCUT2D eigenvalue weighted by Gasteiger charge is 2.29. The van der Waals surface area contributed by atoms with Gasteiger partial charge in [-0.25, -0.2) is 9.18 Å². The fourth-order valence-corrected chi connectivity index (χ4v) is 2.61. The second-order valence-electron chi connectivity index (χ2n) is 5.33. The van der Waals surface area contributed by atoms with E-state index in [0.717, 1.165) is 6.42 Å². The lowest BCUT2D eigenvalue weighted by Gasteiger charge is -2.25. The van der Waals surface area contributed by atoms with Crippen molar-refractivity contribution in [2.45, 2.75) is 19.3 Å². The number of carbonyl (C=O) groups is 2. The first-order chi connectivity index (χ1) is 9.99. The Labute approximate surface area is 123 Å². The molecule has 1 saturated heterocycles. The van der Waals surface area contributed by atoms with E-state index < -0.39 is 11.8 Å². The molecule has 1 aromatic carbocycles. The minimum Gasteiger partial charge on any atom is -0.481 e. The number of carbonyl (C=O) groups excluding carboxylic acids is 1. The minimum absolute atomic E-state index is 0.121. The predicted octanol–water partition coefficient (Wildman–Crippen LogP) is 2.57. The first-order valence-electron chi connectivity index (χ1n) is 6.98. The van der Waals surface area contributed by atoms with Crippen LogP contribution in [0.1, 0.15) is 19.3 Å². The Morgan fingerprint density at radius 1 is 1.43 bits per heavy atom. The van der Waals surface area contributed by atoms with Crippen molar-refractivity contribution in [3.63, 3.8) is 0 Å². The first kappa shape index (κ1) is 15.3. The number of carboxylic acids is 1. The Kier molecular flexibility index (Phi) is 4.77. The van der Waals surface area contributed by atoms with Crippen LogP contribution in [0.15, 0.2) is 24.3 Å². The van der Waals surface area contributed by atoms with E-state index in [1.165, 1.54) is 11.0 Å². The molecule has 6 heteroatoms. The Bertz CT molecular complexity index is 535. The molecule has 1 aliphatic rings. The number of anilines is 1. The number of aliphatic carboxylic acids is 1. The van der Waals surface area contributed by atoms with Crippen LogP contribution in [0.25, 0.3) is 0 Å². The number of rotatable bonds is 4. The lowest BCUT2D eigenvalue weighted by Crippen LogP contribution is -2.40. The highest BCUT2D eigenvalue weighted by molar-refractivity contribution is 5.91. The van der Waals surface area contributed by atoms with Crippen LogP contribution in [0, 0.1) is 11.7 Å². The maximum Gasteiger partial charge on any atom is 0.324 e. The molecule has 0 spiro atoms. The molecule has 0 saturated carbocycles. The van der Waals surface area contributed by atoms with Crippen molar-refractivity contribution in [1.82, 2.24) is 4.90 Å². The van der Waals surface area contributed by atoms with Gasteiger partial charge in [0.15, 0.2) is 0 Å². The van der Waals surface area contributed by atoms with Gasteiger partial charge in [0, 0.05) is 26.6 Å². The summed E-state index contributed by atoms with van der Waals surface area (Å²) in [7, 11) is 1.55. The summed E-state index contributed by atoms with van der Waals surface area (Å²) < 4.78 is 13.7. The van der Waals surface area contributed by atoms with Crippen molar-refractivity contribution < 1.29 is 19.1 Å². The van der Waals surface area contributed by atoms with E-state index >= 15 is 0 Å². The van der Waals surface area contributed by atoms with Gasteiger partial charge < -0.3 is 10.0 Å². The van der Waals surface area contributed by atoms with Gasteiger partial charge in [-0.15, -0.1) is 0 Å². The molecule has 0 radical (unpaired) electrons. The Morgan fingerprint density at radius 2 is 2.14 bits per heavy atom. The molecule has 1 N–H and O–H groups in total. The monoisotopic (exact) mass is 294 g/mol. The maximum atomic E-state index is 13.7. The SMILES string of the molecule is CN(C(=O)N1CCC(CCC(=O)O)C1)c1ccccc1F. The average molecular weight is 294 g/mol. The van der Waals surface area contributed by atoms with Gasteiger partial charge in [-0.3, -0.25) is 9.69 Å². The van der Waals surface area contributed by atoms with Crippen molar-refractivity contribution in [2.24, 2.45) is 5.92 Å². The Hall–Kier alpha value is -2.11. The van der Waals surface area contributed by atoms with E-state index in [1.807, 2.05) is 0 Å². The molecule has 1 atom stereocenters. The summed E-state index contributed by atoms with van der Waals surface area (Å²) in [5.74, 6) is -1.04. The highest BCUT2D eigenvalue weighted by atomic mass is 19.1. The second-order valence-corrected chi connectivity index (χ2v) is 5.33. The molecule has 1 heterocycles. The van der Waals surface area contributed by atoms with Gasteiger partial charge in [0.2, 0.25) is 0 Å². The van der Waals surface area contributed by atoms with Crippen LogP contribution in [0.5, 0.6) is 0 Å². The number of hydrogen-bond donors (Lipinski definition) is 1. The number of hydrogen-bond acceptors (Lipinski definition) is 2. The summed E-state index contributed by atoms with van der Waals surface area (Å²) in [5.41, 5.74) is 0.247. The molecule has 5 nitrogen and oxygen atoms in total. The van der Waals surface area contributed by atoms with E-state index in [4.69, 9.17) is 5.11 Å². The Balaban J connectivity index is 1.95. The molecule has 0 aliphatic carbocycles. The molecule has 1 aliphatic heterocycles. The molecule has 21 heavy (non-hydrogen) atoms. The van der Waals surface area contributed by atoms with Crippen LogP contribution in [-0.4, -0.2) is 42.1 Å². The molecular formula is C15H19FN2O3. The van der Waals surface area contributed by atoms with E-state index in [9.17, 15) is 14.0 Å². The summed E-state index contributed by atoms with van der Waals surface area (Å²) >= 11 is 0. The number of likely N-dealkylation sites (tertiary alicyclic amines) is 1. The van der Waals surface area contributed by atoms with Crippen molar-refractivity contribution in [3.8, 4) is 0 Å². The third-order valence-electron chi connectivity index (χ3n) is 3.82. The molecule has 114 valence electrons. The predicted molar refractivity (Wildman–Crippen MR) is 76.7 cm³/mol. The summed E-state index contributed by atoms with van der Waals surface area (Å²) in [6.07, 6.45) is 1.49. The standard InChI is InChI=1S/C15H19FN2O3/c1-17(13-5-3-2-4-12(13)16)15(21)18-9-8-11(10-18)6-7-14(19)20/h2-5,11H,6-10H2,1H3,(H,19,20). The topological polar surface area (TPSA) is 60.9 Å². The molecule has 1 aromatic rings. The highest BCUT2D eigenvalue weighted by Crippen LogP contribution is 2.24. The number of carboxylic acid groups (broad SMARTS) is 1. The van der Waals surface area contributed by atoms with Crippen LogP contribution in [-0.2, 0) is 4.79 Å². The summed E-state index contributed by atoms with van der Waals surface area (Å²) in [4.78, 5) is 25.9. The van der Waals surface area contributed by atoms with E-state index in [0.29, 0.717) is 19.5 Å². The van der Waals surface area contributed by atoms with Gasteiger partial charge in [0.1, 0.15) is 5.82 Å². The number of benzene rings is 1. The Morgan fingerprint density at radius 3 is 2.81 bits per heavy atom. The fourth-order valence-electron chi connectivity index (χ4n) is 2.61. The van der Waals surface area contributed by atoms with E-state index in [1.54, 1.807) is 30.1 Å². The van der Waals surface area contributed by atoms with Gasteiger partial charge >= 0.3 is 12.0 Å². The average Bonchev–Trinajstić information content (AvgIpc) is 2.93. The first-order valence-corrected chi connectivity index (χ1v) is 6.98. The van der Waals surface area contributed by atoms with Crippen LogP contribution in [0.3, 0.4) is 0 Å². The molecule has 2 amide bonds. The van der Waals surface area contributed by atoms with Gasteiger partial charge in [0.05, 0.1) is 5.69 Å². The number of halogens is 1. The van der Waals surface area contributed by atoms with Crippen molar-refractivity contribution >= 4 is 17.7 Å². The molecule has 1 unspecified atom stereocenters. The smallest absolute Gasteiger partial charge is 0.324 e. The zero-order chi connectivity index (χ0) is 15.4. The van der Waals surface area contributed by atoms with Crippen LogP contribution >= 0.6 is 0 Å². The van der Waals surface area contributed by atoms with Crippen LogP contribution in [0.2, 0.25) is 0 Å². The summed E-state index contributed by atoms with van der Waals surface area (Å²) in [5, 5.41) is 8.69. The lowest BCUT2D eigenvalue weighted by molar-refractivity contribution is -0.137. The summed E-state index contributed by atoms with van der Waals surface area (Å²) in [6.45, 7) is 1.12. The van der Waals surface area contributed by atoms with Crippen molar-refractivity contribution in [1.29, 1.82) is 0 Å². The van der Waals surface area contributed by atoms with Crippen LogP contribution in [0.4, 0.5) is 14.9 Å². The number of urea groups is 1. The molecule has 0 aromatic heterocycles. The quantitative estimate of drug-likeness (QED) is 0.928. The number of amides is 2. The van der Waals surface area contributed by atoms with E-state index in [2.05, 4.69) is 0 Å². The van der Waals surface area contributed by atoms with Crippen molar-refractivity contribution in [2.75, 3.05) is 25.0 Å². The van der Waals surface area contributed by atoms with Gasteiger partial charge in [0.25, 0.3) is 0 Å². The van der Waals surface area contributed by atoms with Gasteiger partial charge in [-0.2, -0.15) is 0 Å². The zero-order valence-corrected chi connectivity index (χ0v) is 12.0. The maximum absolute atomic E-state index is 13.7. The minimum atomic E-state index is -0.816. The third kappa shape index (κ3) is 3.71. The van der Waals surface area contributed by atoms with E-state index in [-0.39, 0.29) is 24.1 Å². The molecule has 2 rings (SSSR count). The fraction of sp³-hybridized carbons (Fsp3) is 0.467. The largest absolute Gasteiger partial charge is 0.481 e. The van der Waals surface area contributed by atoms with Gasteiger partial charge in [-0.1, -0.05) is 12.1 Å². The zero-order valence-electron chi connectivity index (χ0n) is 12.0. The van der Waals surface area contributed by atoms with Gasteiger partial charge in [-0.05, 0) is 30.9 Å². The molecule has 1 fully saturated rings. The third-order valence-corrected chi connectivity index (χ3v) is 3.82. The van der Waals surface area contributed by atoms with Crippen molar-refractivity contribution in [3.05, 3.63) is 30.1 Å². The number of para-hydroxylation sites is 1.